The molecule has 0 bridgehead atoms. The van der Waals surface area contributed by atoms with Gasteiger partial charge in [0.2, 0.25) is 5.13 Å². The van der Waals surface area contributed by atoms with Gasteiger partial charge in [-0.25, -0.2) is 4.39 Å². The third-order valence-electron chi connectivity index (χ3n) is 6.21. The number of fused-ring (bicyclic) bond motifs is 1. The minimum absolute atomic E-state index is 0.0574. The first-order valence-corrected chi connectivity index (χ1v) is 11.6. The van der Waals surface area contributed by atoms with Crippen LogP contribution >= 0.6 is 11.3 Å². The molecule has 0 saturated heterocycles. The number of ether oxygens (including phenoxy) is 1. The largest absolute Gasteiger partial charge is 0.483 e. The molecule has 0 spiro atoms. The third kappa shape index (κ3) is 3.37. The van der Waals surface area contributed by atoms with E-state index in [-0.39, 0.29) is 34.7 Å². The van der Waals surface area contributed by atoms with Crippen LogP contribution < -0.4 is 4.90 Å². The number of benzene rings is 1. The first-order chi connectivity index (χ1) is 15.0. The summed E-state index contributed by atoms with van der Waals surface area (Å²) in [7, 11) is 0. The molecule has 1 aromatic heterocycles. The number of carbonyl (C=O) groups is 2. The van der Waals surface area contributed by atoms with Crippen molar-refractivity contribution in [2.75, 3.05) is 4.90 Å². The summed E-state index contributed by atoms with van der Waals surface area (Å²) >= 11 is 1.31. The van der Waals surface area contributed by atoms with Gasteiger partial charge < -0.3 is 4.74 Å². The van der Waals surface area contributed by atoms with Crippen LogP contribution in [0.4, 0.5) is 9.52 Å². The van der Waals surface area contributed by atoms with Gasteiger partial charge in [-0.05, 0) is 31.2 Å². The summed E-state index contributed by atoms with van der Waals surface area (Å²) in [5, 5.41) is 9.63. The highest BCUT2D eigenvalue weighted by atomic mass is 32.1. The first-order valence-electron chi connectivity index (χ1n) is 10.8. The van der Waals surface area contributed by atoms with Crippen LogP contribution in [0.1, 0.15) is 56.1 Å². The van der Waals surface area contributed by atoms with Gasteiger partial charge in [0.15, 0.2) is 11.5 Å². The van der Waals surface area contributed by atoms with Crippen molar-refractivity contribution in [3.05, 3.63) is 52.0 Å². The zero-order valence-corrected chi connectivity index (χ0v) is 18.3. The Bertz CT molecular complexity index is 1080. The SMILES string of the molecule is CC(C)Cc1nnc(N2C(=O)C3=C(C(=O)C4CCCCC4O3)C2c2ccccc2F)s1. The standard InChI is InChI=1S/C23H24FN3O3S/c1-12(2)11-17-25-26-23(31-17)27-19(13-7-3-5-9-15(13)24)18-20(28)14-8-4-6-10-16(14)30-21(18)22(27)29/h3,5,7,9,12,14,16,19H,4,6,8,10-11H2,1-2H3. The number of anilines is 1. The molecule has 5 rings (SSSR count). The lowest BCUT2D eigenvalue weighted by Crippen LogP contribution is -2.39. The summed E-state index contributed by atoms with van der Waals surface area (Å²) in [5.41, 5.74) is 0.534. The molecule has 3 heterocycles. The van der Waals surface area contributed by atoms with Gasteiger partial charge in [-0.2, -0.15) is 0 Å². The lowest BCUT2D eigenvalue weighted by molar-refractivity contribution is -0.131. The van der Waals surface area contributed by atoms with E-state index in [1.807, 2.05) is 0 Å². The fraction of sp³-hybridized carbons (Fsp3) is 0.478. The molecule has 8 heteroatoms. The molecule has 3 atom stereocenters. The Morgan fingerprint density at radius 2 is 1.97 bits per heavy atom. The number of rotatable bonds is 4. The van der Waals surface area contributed by atoms with Crippen LogP contribution in [-0.2, 0) is 20.7 Å². The Morgan fingerprint density at radius 3 is 2.74 bits per heavy atom. The summed E-state index contributed by atoms with van der Waals surface area (Å²) in [6.07, 6.45) is 3.86. The number of halogens is 1. The second-order valence-electron chi connectivity index (χ2n) is 8.83. The molecular formula is C23H24FN3O3S. The van der Waals surface area contributed by atoms with E-state index in [9.17, 15) is 14.0 Å². The van der Waals surface area contributed by atoms with E-state index in [1.165, 1.54) is 22.3 Å². The molecule has 1 aromatic carbocycles. The summed E-state index contributed by atoms with van der Waals surface area (Å²) in [6.45, 7) is 4.16. The maximum Gasteiger partial charge on any atom is 0.296 e. The van der Waals surface area contributed by atoms with E-state index in [2.05, 4.69) is 24.0 Å². The van der Waals surface area contributed by atoms with Crippen LogP contribution in [0, 0.1) is 17.7 Å². The minimum atomic E-state index is -0.890. The second-order valence-corrected chi connectivity index (χ2v) is 9.87. The first kappa shape index (κ1) is 20.3. The van der Waals surface area contributed by atoms with Crippen molar-refractivity contribution in [1.82, 2.24) is 10.2 Å². The quantitative estimate of drug-likeness (QED) is 0.704. The van der Waals surface area contributed by atoms with Gasteiger partial charge in [-0.15, -0.1) is 10.2 Å². The Morgan fingerprint density at radius 1 is 1.19 bits per heavy atom. The summed E-state index contributed by atoms with van der Waals surface area (Å²) < 4.78 is 21.0. The topological polar surface area (TPSA) is 72.4 Å². The van der Waals surface area contributed by atoms with E-state index < -0.39 is 17.8 Å². The fourth-order valence-electron chi connectivity index (χ4n) is 4.81. The van der Waals surface area contributed by atoms with Gasteiger partial charge in [0.05, 0.1) is 11.5 Å². The summed E-state index contributed by atoms with van der Waals surface area (Å²) in [5.74, 6) is -0.835. The molecule has 1 saturated carbocycles. The highest BCUT2D eigenvalue weighted by Gasteiger charge is 2.53. The molecule has 1 aliphatic carbocycles. The number of aromatic nitrogens is 2. The van der Waals surface area contributed by atoms with E-state index in [0.717, 1.165) is 37.1 Å². The molecule has 3 aliphatic rings. The van der Waals surface area contributed by atoms with Gasteiger partial charge in [-0.1, -0.05) is 49.8 Å². The molecule has 162 valence electrons. The Hall–Kier alpha value is -2.61. The highest BCUT2D eigenvalue weighted by Crippen LogP contribution is 2.49. The van der Waals surface area contributed by atoms with Crippen LogP contribution in [0.5, 0.6) is 0 Å². The van der Waals surface area contributed by atoms with Crippen molar-refractivity contribution < 1.29 is 18.7 Å². The lowest BCUT2D eigenvalue weighted by atomic mass is 9.77. The Labute approximate surface area is 184 Å². The van der Waals surface area contributed by atoms with Crippen molar-refractivity contribution in [3.63, 3.8) is 0 Å². The molecule has 2 aliphatic heterocycles. The molecule has 31 heavy (non-hydrogen) atoms. The average Bonchev–Trinajstić information content (AvgIpc) is 3.30. The molecular weight excluding hydrogens is 417 g/mol. The molecule has 0 N–H and O–H groups in total. The summed E-state index contributed by atoms with van der Waals surface area (Å²) in [6, 6.07) is 5.38. The zero-order chi connectivity index (χ0) is 21.7. The van der Waals surface area contributed by atoms with Crippen LogP contribution in [0.3, 0.4) is 0 Å². The smallest absolute Gasteiger partial charge is 0.296 e. The zero-order valence-electron chi connectivity index (χ0n) is 17.5. The van der Waals surface area contributed by atoms with E-state index in [4.69, 9.17) is 4.74 Å². The van der Waals surface area contributed by atoms with Crippen LogP contribution in [0.25, 0.3) is 0 Å². The summed E-state index contributed by atoms with van der Waals surface area (Å²) in [4.78, 5) is 28.4. The number of nitrogens with zero attached hydrogens (tertiary/aromatic N) is 3. The van der Waals surface area contributed by atoms with Crippen molar-refractivity contribution in [2.24, 2.45) is 11.8 Å². The Kier molecular flexibility index (Phi) is 5.12. The number of hydrogen-bond donors (Lipinski definition) is 0. The second kappa shape index (κ2) is 7.82. The average molecular weight is 442 g/mol. The van der Waals surface area contributed by atoms with Crippen LogP contribution in [0.2, 0.25) is 0 Å². The Balaban J connectivity index is 1.62. The van der Waals surface area contributed by atoms with Gasteiger partial charge in [0, 0.05) is 12.0 Å². The van der Waals surface area contributed by atoms with E-state index in [0.29, 0.717) is 11.0 Å². The third-order valence-corrected chi connectivity index (χ3v) is 7.15. The maximum absolute atomic E-state index is 14.9. The van der Waals surface area contributed by atoms with Crippen LogP contribution in [-0.4, -0.2) is 28.0 Å². The number of carbonyl (C=O) groups excluding carboxylic acids is 2. The molecule has 0 radical (unpaired) electrons. The van der Waals surface area contributed by atoms with Crippen LogP contribution in [0.15, 0.2) is 35.6 Å². The van der Waals surface area contributed by atoms with Gasteiger partial charge in [0.1, 0.15) is 23.0 Å². The number of hydrogen-bond acceptors (Lipinski definition) is 6. The number of amides is 1. The molecule has 1 amide bonds. The molecule has 2 aromatic rings. The lowest BCUT2D eigenvalue weighted by Gasteiger charge is -2.35. The van der Waals surface area contributed by atoms with Crippen molar-refractivity contribution >= 4 is 28.2 Å². The van der Waals surface area contributed by atoms with Gasteiger partial charge in [-0.3, -0.25) is 14.5 Å². The van der Waals surface area contributed by atoms with Gasteiger partial charge in [0.25, 0.3) is 5.91 Å². The fourth-order valence-corrected chi connectivity index (χ4v) is 5.88. The normalized spacial score (nSPS) is 25.7. The van der Waals surface area contributed by atoms with Gasteiger partial charge >= 0.3 is 0 Å². The molecule has 6 nitrogen and oxygen atoms in total. The maximum atomic E-state index is 14.9. The predicted molar refractivity (Wildman–Crippen MR) is 114 cm³/mol. The van der Waals surface area contributed by atoms with Crippen molar-refractivity contribution in [3.8, 4) is 0 Å². The molecule has 1 fully saturated rings. The molecule has 3 unspecified atom stereocenters. The number of Topliss-reactive ketones (excluding diaryl/α,β-unsaturated/α-hetero) is 1. The predicted octanol–water partition coefficient (Wildman–Crippen LogP) is 4.38. The van der Waals surface area contributed by atoms with E-state index in [1.54, 1.807) is 18.2 Å². The van der Waals surface area contributed by atoms with E-state index >= 15 is 0 Å². The highest BCUT2D eigenvalue weighted by molar-refractivity contribution is 7.15. The van der Waals surface area contributed by atoms with Crippen molar-refractivity contribution in [1.29, 1.82) is 0 Å². The number of ketones is 1. The minimum Gasteiger partial charge on any atom is -0.483 e. The van der Waals surface area contributed by atoms with Crippen molar-refractivity contribution in [2.45, 2.75) is 58.1 Å². The monoisotopic (exact) mass is 441 g/mol.